The van der Waals surface area contributed by atoms with Crippen molar-refractivity contribution in [3.63, 3.8) is 0 Å². The molecule has 0 saturated carbocycles. The molecule has 1 N–H and O–H groups in total. The number of methoxy groups -OCH3 is 1. The van der Waals surface area contributed by atoms with Crippen LogP contribution in [0.5, 0.6) is 0 Å². The molecule has 2 rings (SSSR count). The molecular weight excluding hydrogens is 242 g/mol. The normalized spacial score (nSPS) is 22.9. The van der Waals surface area contributed by atoms with Crippen molar-refractivity contribution in [1.29, 1.82) is 0 Å². The lowest BCUT2D eigenvalue weighted by Gasteiger charge is -2.24. The largest absolute Gasteiger partial charge is 0.385 e. The molecule has 0 spiro atoms. The van der Waals surface area contributed by atoms with E-state index in [2.05, 4.69) is 28.0 Å². The topological polar surface area (TPSA) is 48.3 Å². The predicted octanol–water partition coefficient (Wildman–Crippen LogP) is 2.21. The Hall–Kier alpha value is -1.07. The Morgan fingerprint density at radius 2 is 2.42 bits per heavy atom. The molecule has 1 aliphatic heterocycles. The molecule has 1 saturated heterocycles. The summed E-state index contributed by atoms with van der Waals surface area (Å²) in [7, 11) is 1.73. The maximum Gasteiger partial charge on any atom is 0.203 e. The van der Waals surface area contributed by atoms with E-state index in [1.807, 2.05) is 6.92 Å². The molecule has 1 aromatic rings. The van der Waals surface area contributed by atoms with Crippen LogP contribution in [0.1, 0.15) is 31.9 Å². The van der Waals surface area contributed by atoms with Gasteiger partial charge in [-0.1, -0.05) is 0 Å². The Morgan fingerprint density at radius 3 is 3.11 bits per heavy atom. The standard InChI is InChI=1S/C14H25N3O2/c1-12-10-17(11-14(2)6-4-9-19-14)13(16-12)15-7-5-8-18-3/h10H,4-9,11H2,1-3H3,(H,15,16). The highest BCUT2D eigenvalue weighted by Gasteiger charge is 2.30. The van der Waals surface area contributed by atoms with Crippen LogP contribution in [-0.4, -0.2) is 42.0 Å². The minimum Gasteiger partial charge on any atom is -0.385 e. The lowest BCUT2D eigenvalue weighted by Crippen LogP contribution is -2.30. The van der Waals surface area contributed by atoms with Crippen molar-refractivity contribution in [2.24, 2.45) is 0 Å². The van der Waals surface area contributed by atoms with Crippen LogP contribution in [0.15, 0.2) is 6.20 Å². The summed E-state index contributed by atoms with van der Waals surface area (Å²) in [6.07, 6.45) is 5.34. The number of nitrogens with zero attached hydrogens (tertiary/aromatic N) is 2. The van der Waals surface area contributed by atoms with Crippen molar-refractivity contribution in [3.05, 3.63) is 11.9 Å². The minimum absolute atomic E-state index is 0.0455. The van der Waals surface area contributed by atoms with E-state index >= 15 is 0 Å². The molecule has 2 heterocycles. The smallest absolute Gasteiger partial charge is 0.203 e. The van der Waals surface area contributed by atoms with Gasteiger partial charge in [0.1, 0.15) is 0 Å². The molecule has 0 bridgehead atoms. The van der Waals surface area contributed by atoms with E-state index in [4.69, 9.17) is 9.47 Å². The lowest BCUT2D eigenvalue weighted by atomic mass is 10.0. The molecule has 5 nitrogen and oxygen atoms in total. The van der Waals surface area contributed by atoms with Gasteiger partial charge in [-0.05, 0) is 33.1 Å². The second kappa shape index (κ2) is 6.39. The summed E-state index contributed by atoms with van der Waals surface area (Å²) in [4.78, 5) is 4.54. The fourth-order valence-corrected chi connectivity index (χ4v) is 2.55. The molecule has 5 heteroatoms. The van der Waals surface area contributed by atoms with Gasteiger partial charge in [-0.15, -0.1) is 0 Å². The zero-order valence-corrected chi connectivity index (χ0v) is 12.2. The molecular formula is C14H25N3O2. The van der Waals surface area contributed by atoms with Crippen molar-refractivity contribution in [1.82, 2.24) is 9.55 Å². The highest BCUT2D eigenvalue weighted by Crippen LogP contribution is 2.28. The van der Waals surface area contributed by atoms with E-state index in [1.165, 1.54) is 0 Å². The summed E-state index contributed by atoms with van der Waals surface area (Å²) in [5.41, 5.74) is 0.992. The lowest BCUT2D eigenvalue weighted by molar-refractivity contribution is 0.00662. The first-order chi connectivity index (χ1) is 9.13. The molecule has 1 unspecified atom stereocenters. The van der Waals surface area contributed by atoms with Crippen molar-refractivity contribution in [2.45, 2.75) is 45.3 Å². The number of anilines is 1. The van der Waals surface area contributed by atoms with Gasteiger partial charge in [0, 0.05) is 33.1 Å². The molecule has 19 heavy (non-hydrogen) atoms. The summed E-state index contributed by atoms with van der Waals surface area (Å²) in [6.45, 7) is 7.59. The van der Waals surface area contributed by atoms with Crippen molar-refractivity contribution in [3.8, 4) is 0 Å². The number of hydrogen-bond acceptors (Lipinski definition) is 4. The minimum atomic E-state index is -0.0455. The van der Waals surface area contributed by atoms with E-state index in [0.29, 0.717) is 0 Å². The fourth-order valence-electron chi connectivity index (χ4n) is 2.55. The number of rotatable bonds is 7. The molecule has 0 aliphatic carbocycles. The third kappa shape index (κ3) is 3.94. The molecule has 1 aromatic heterocycles. The summed E-state index contributed by atoms with van der Waals surface area (Å²) >= 11 is 0. The van der Waals surface area contributed by atoms with Gasteiger partial charge in [0.05, 0.1) is 17.8 Å². The molecule has 1 fully saturated rings. The highest BCUT2D eigenvalue weighted by molar-refractivity contribution is 5.29. The summed E-state index contributed by atoms with van der Waals surface area (Å²) < 4.78 is 13.1. The van der Waals surface area contributed by atoms with Gasteiger partial charge >= 0.3 is 0 Å². The average molecular weight is 267 g/mol. The summed E-state index contributed by atoms with van der Waals surface area (Å²) in [6, 6.07) is 0. The van der Waals surface area contributed by atoms with Crippen molar-refractivity contribution < 1.29 is 9.47 Å². The van der Waals surface area contributed by atoms with Crippen LogP contribution in [-0.2, 0) is 16.0 Å². The van der Waals surface area contributed by atoms with Gasteiger partial charge in [0.15, 0.2) is 0 Å². The Balaban J connectivity index is 1.95. The number of aryl methyl sites for hydroxylation is 1. The Morgan fingerprint density at radius 1 is 1.58 bits per heavy atom. The summed E-state index contributed by atoms with van der Waals surface area (Å²) in [5.74, 6) is 0.935. The van der Waals surface area contributed by atoms with Gasteiger partial charge in [-0.3, -0.25) is 0 Å². The number of aromatic nitrogens is 2. The highest BCUT2D eigenvalue weighted by atomic mass is 16.5. The van der Waals surface area contributed by atoms with Crippen LogP contribution < -0.4 is 5.32 Å². The Labute approximate surface area is 115 Å². The SMILES string of the molecule is COCCCNc1nc(C)cn1CC1(C)CCCO1. The summed E-state index contributed by atoms with van der Waals surface area (Å²) in [5, 5.41) is 3.38. The first-order valence-corrected chi connectivity index (χ1v) is 7.03. The molecule has 108 valence electrons. The van der Waals surface area contributed by atoms with E-state index in [0.717, 1.165) is 57.2 Å². The van der Waals surface area contributed by atoms with Crippen LogP contribution in [0, 0.1) is 6.92 Å². The first kappa shape index (κ1) is 14.3. The van der Waals surface area contributed by atoms with Crippen LogP contribution >= 0.6 is 0 Å². The van der Waals surface area contributed by atoms with E-state index in [1.54, 1.807) is 7.11 Å². The van der Waals surface area contributed by atoms with Crippen molar-refractivity contribution >= 4 is 5.95 Å². The monoisotopic (exact) mass is 267 g/mol. The average Bonchev–Trinajstić information content (AvgIpc) is 2.92. The van der Waals surface area contributed by atoms with Crippen LogP contribution in [0.2, 0.25) is 0 Å². The van der Waals surface area contributed by atoms with Gasteiger partial charge in [-0.2, -0.15) is 0 Å². The molecule has 1 atom stereocenters. The number of imidazole rings is 1. The van der Waals surface area contributed by atoms with Crippen LogP contribution in [0.25, 0.3) is 0 Å². The third-order valence-electron chi connectivity index (χ3n) is 3.51. The number of nitrogens with one attached hydrogen (secondary N) is 1. The number of hydrogen-bond donors (Lipinski definition) is 1. The van der Waals surface area contributed by atoms with Crippen LogP contribution in [0.4, 0.5) is 5.95 Å². The zero-order valence-electron chi connectivity index (χ0n) is 12.2. The molecule has 1 aliphatic rings. The Kier molecular flexibility index (Phi) is 4.82. The van der Waals surface area contributed by atoms with Crippen molar-refractivity contribution in [2.75, 3.05) is 32.2 Å². The van der Waals surface area contributed by atoms with Gasteiger partial charge in [0.25, 0.3) is 0 Å². The van der Waals surface area contributed by atoms with Gasteiger partial charge in [-0.25, -0.2) is 4.98 Å². The van der Waals surface area contributed by atoms with Gasteiger partial charge < -0.3 is 19.4 Å². The Bertz CT molecular complexity index is 397. The second-order valence-corrected chi connectivity index (χ2v) is 5.51. The maximum absolute atomic E-state index is 5.86. The quantitative estimate of drug-likeness (QED) is 0.770. The molecule has 0 aromatic carbocycles. The first-order valence-electron chi connectivity index (χ1n) is 7.03. The predicted molar refractivity (Wildman–Crippen MR) is 75.5 cm³/mol. The van der Waals surface area contributed by atoms with E-state index < -0.39 is 0 Å². The zero-order chi connectivity index (χ0) is 13.7. The number of ether oxygens (including phenoxy) is 2. The molecule has 0 radical (unpaired) electrons. The van der Waals surface area contributed by atoms with Gasteiger partial charge in [0.2, 0.25) is 5.95 Å². The maximum atomic E-state index is 5.86. The fraction of sp³-hybridized carbons (Fsp3) is 0.786. The van der Waals surface area contributed by atoms with Crippen LogP contribution in [0.3, 0.4) is 0 Å². The molecule has 0 amide bonds. The second-order valence-electron chi connectivity index (χ2n) is 5.51. The van der Waals surface area contributed by atoms with E-state index in [-0.39, 0.29) is 5.60 Å². The van der Waals surface area contributed by atoms with E-state index in [9.17, 15) is 0 Å². The third-order valence-corrected chi connectivity index (χ3v) is 3.51.